The number of anilines is 1. The van der Waals surface area contributed by atoms with Crippen LogP contribution in [0, 0.1) is 6.92 Å². The zero-order valence-corrected chi connectivity index (χ0v) is 12.0. The summed E-state index contributed by atoms with van der Waals surface area (Å²) in [6, 6.07) is 1.90. The first kappa shape index (κ1) is 14.7. The van der Waals surface area contributed by atoms with E-state index in [-0.39, 0.29) is 18.5 Å². The normalized spacial score (nSPS) is 19.6. The number of esters is 1. The van der Waals surface area contributed by atoms with Gasteiger partial charge in [-0.1, -0.05) is 12.8 Å². The van der Waals surface area contributed by atoms with E-state index in [0.29, 0.717) is 5.82 Å². The summed E-state index contributed by atoms with van der Waals surface area (Å²) in [6.07, 6.45) is 4.26. The Labute approximate surface area is 118 Å². The van der Waals surface area contributed by atoms with Crippen molar-refractivity contribution in [3.8, 4) is 0 Å². The molecule has 1 atom stereocenters. The van der Waals surface area contributed by atoms with Crippen molar-refractivity contribution < 1.29 is 14.6 Å². The summed E-state index contributed by atoms with van der Waals surface area (Å²) < 4.78 is 4.68. The third-order valence-electron chi connectivity index (χ3n) is 3.59. The molecule has 0 spiro atoms. The Balaban J connectivity index is 2.34. The molecule has 6 heteroatoms. The average molecular weight is 279 g/mol. The van der Waals surface area contributed by atoms with Crippen molar-refractivity contribution in [2.24, 2.45) is 0 Å². The molecule has 20 heavy (non-hydrogen) atoms. The van der Waals surface area contributed by atoms with Gasteiger partial charge < -0.3 is 14.7 Å². The van der Waals surface area contributed by atoms with Crippen molar-refractivity contribution in [1.82, 2.24) is 9.97 Å². The molecule has 1 aromatic heterocycles. The SMILES string of the molecule is COC(=O)c1nc(C)cc(N2CCCCCC2CO)n1. The second-order valence-electron chi connectivity index (χ2n) is 5.06. The van der Waals surface area contributed by atoms with Crippen LogP contribution in [0.1, 0.15) is 42.0 Å². The molecule has 1 unspecified atom stereocenters. The molecule has 0 aromatic carbocycles. The van der Waals surface area contributed by atoms with Gasteiger partial charge in [-0.25, -0.2) is 14.8 Å². The summed E-state index contributed by atoms with van der Waals surface area (Å²) in [4.78, 5) is 22.1. The van der Waals surface area contributed by atoms with Crippen LogP contribution in [0.4, 0.5) is 5.82 Å². The van der Waals surface area contributed by atoms with Gasteiger partial charge in [-0.15, -0.1) is 0 Å². The van der Waals surface area contributed by atoms with Crippen LogP contribution in [0.5, 0.6) is 0 Å². The lowest BCUT2D eigenvalue weighted by molar-refractivity contribution is 0.0586. The minimum atomic E-state index is -0.537. The average Bonchev–Trinajstić information content (AvgIpc) is 2.70. The van der Waals surface area contributed by atoms with Crippen molar-refractivity contribution >= 4 is 11.8 Å². The lowest BCUT2D eigenvalue weighted by Gasteiger charge is -2.29. The molecule has 0 radical (unpaired) electrons. The topological polar surface area (TPSA) is 75.5 Å². The number of nitrogens with zero attached hydrogens (tertiary/aromatic N) is 3. The van der Waals surface area contributed by atoms with E-state index in [0.717, 1.165) is 37.9 Å². The molecule has 1 saturated heterocycles. The van der Waals surface area contributed by atoms with Crippen LogP contribution >= 0.6 is 0 Å². The molecule has 6 nitrogen and oxygen atoms in total. The van der Waals surface area contributed by atoms with Crippen LogP contribution in [0.3, 0.4) is 0 Å². The van der Waals surface area contributed by atoms with E-state index in [4.69, 9.17) is 0 Å². The van der Waals surface area contributed by atoms with E-state index < -0.39 is 5.97 Å². The zero-order valence-electron chi connectivity index (χ0n) is 12.0. The van der Waals surface area contributed by atoms with Gasteiger partial charge in [-0.3, -0.25) is 0 Å². The zero-order chi connectivity index (χ0) is 14.5. The first-order valence-corrected chi connectivity index (χ1v) is 6.97. The van der Waals surface area contributed by atoms with Crippen molar-refractivity contribution in [3.63, 3.8) is 0 Å². The maximum atomic E-state index is 11.6. The number of hydrogen-bond donors (Lipinski definition) is 1. The molecule has 0 amide bonds. The number of aliphatic hydroxyl groups excluding tert-OH is 1. The molecule has 0 bridgehead atoms. The van der Waals surface area contributed by atoms with E-state index in [9.17, 15) is 9.90 Å². The van der Waals surface area contributed by atoms with Crippen molar-refractivity contribution in [1.29, 1.82) is 0 Å². The summed E-state index contributed by atoms with van der Waals surface area (Å²) in [5.74, 6) is 0.229. The quantitative estimate of drug-likeness (QED) is 0.841. The Hall–Kier alpha value is -1.69. The summed E-state index contributed by atoms with van der Waals surface area (Å²) in [5.41, 5.74) is 0.719. The van der Waals surface area contributed by atoms with Crippen molar-refractivity contribution in [2.75, 3.05) is 25.2 Å². The van der Waals surface area contributed by atoms with Gasteiger partial charge in [-0.2, -0.15) is 0 Å². The number of aliphatic hydroxyl groups is 1. The Kier molecular flexibility index (Phi) is 4.89. The van der Waals surface area contributed by atoms with Gasteiger partial charge in [0.2, 0.25) is 5.82 Å². The number of hydrogen-bond acceptors (Lipinski definition) is 6. The molecule has 1 aliphatic rings. The van der Waals surface area contributed by atoms with Crippen LogP contribution in [0.15, 0.2) is 6.07 Å². The van der Waals surface area contributed by atoms with Crippen LogP contribution in [-0.4, -0.2) is 47.3 Å². The van der Waals surface area contributed by atoms with Crippen LogP contribution in [-0.2, 0) is 4.74 Å². The van der Waals surface area contributed by atoms with Gasteiger partial charge in [0.25, 0.3) is 0 Å². The Morgan fingerprint density at radius 3 is 2.95 bits per heavy atom. The number of methoxy groups -OCH3 is 1. The second-order valence-corrected chi connectivity index (χ2v) is 5.06. The maximum absolute atomic E-state index is 11.6. The van der Waals surface area contributed by atoms with Gasteiger partial charge in [0.05, 0.1) is 19.8 Å². The number of aryl methyl sites for hydroxylation is 1. The molecule has 1 fully saturated rings. The number of rotatable bonds is 3. The fourth-order valence-electron chi connectivity index (χ4n) is 2.55. The van der Waals surface area contributed by atoms with Gasteiger partial charge in [-0.05, 0) is 19.8 Å². The molecule has 1 aliphatic heterocycles. The van der Waals surface area contributed by atoms with Gasteiger partial charge in [0.15, 0.2) is 0 Å². The van der Waals surface area contributed by atoms with Crippen molar-refractivity contribution in [2.45, 2.75) is 38.6 Å². The minimum Gasteiger partial charge on any atom is -0.463 e. The smallest absolute Gasteiger partial charge is 0.376 e. The van der Waals surface area contributed by atoms with E-state index in [1.54, 1.807) is 0 Å². The summed E-state index contributed by atoms with van der Waals surface area (Å²) >= 11 is 0. The summed E-state index contributed by atoms with van der Waals surface area (Å²) in [6.45, 7) is 2.75. The molecule has 1 aromatic rings. The standard InChI is InChI=1S/C14H21N3O3/c1-10-8-12(16-13(15-10)14(19)20-2)17-7-5-3-4-6-11(17)9-18/h8,11,18H,3-7,9H2,1-2H3. The Morgan fingerprint density at radius 1 is 1.45 bits per heavy atom. The molecule has 2 rings (SSSR count). The molecule has 0 aliphatic carbocycles. The molecular formula is C14H21N3O3. The molecule has 2 heterocycles. The van der Waals surface area contributed by atoms with Crippen LogP contribution < -0.4 is 4.90 Å². The van der Waals surface area contributed by atoms with Crippen LogP contribution in [0.2, 0.25) is 0 Å². The monoisotopic (exact) mass is 279 g/mol. The van der Waals surface area contributed by atoms with E-state index in [1.807, 2.05) is 13.0 Å². The Morgan fingerprint density at radius 2 is 2.25 bits per heavy atom. The number of aromatic nitrogens is 2. The largest absolute Gasteiger partial charge is 0.463 e. The minimum absolute atomic E-state index is 0.0531. The summed E-state index contributed by atoms with van der Waals surface area (Å²) in [5, 5.41) is 9.57. The van der Waals surface area contributed by atoms with Gasteiger partial charge >= 0.3 is 5.97 Å². The predicted octanol–water partition coefficient (Wildman–Crippen LogP) is 1.31. The lowest BCUT2D eigenvalue weighted by Crippen LogP contribution is -2.38. The Bertz CT molecular complexity index is 479. The third kappa shape index (κ3) is 3.25. The number of carbonyl (C=O) groups excluding carboxylic acids is 1. The third-order valence-corrected chi connectivity index (χ3v) is 3.59. The summed E-state index contributed by atoms with van der Waals surface area (Å²) in [7, 11) is 1.32. The highest BCUT2D eigenvalue weighted by atomic mass is 16.5. The molecular weight excluding hydrogens is 258 g/mol. The van der Waals surface area contributed by atoms with E-state index in [1.165, 1.54) is 7.11 Å². The highest BCUT2D eigenvalue weighted by molar-refractivity contribution is 5.85. The maximum Gasteiger partial charge on any atom is 0.376 e. The van der Waals surface area contributed by atoms with Gasteiger partial charge in [0.1, 0.15) is 5.82 Å². The van der Waals surface area contributed by atoms with E-state index >= 15 is 0 Å². The first-order valence-electron chi connectivity index (χ1n) is 6.97. The molecule has 1 N–H and O–H groups in total. The highest BCUT2D eigenvalue weighted by Crippen LogP contribution is 2.23. The first-order chi connectivity index (χ1) is 9.65. The van der Waals surface area contributed by atoms with E-state index in [2.05, 4.69) is 19.6 Å². The fourth-order valence-corrected chi connectivity index (χ4v) is 2.55. The fraction of sp³-hybridized carbons (Fsp3) is 0.643. The predicted molar refractivity (Wildman–Crippen MR) is 74.8 cm³/mol. The lowest BCUT2D eigenvalue weighted by atomic mass is 10.1. The van der Waals surface area contributed by atoms with Gasteiger partial charge in [0, 0.05) is 18.3 Å². The number of ether oxygens (including phenoxy) is 1. The molecule has 0 saturated carbocycles. The second kappa shape index (κ2) is 6.65. The molecule has 110 valence electrons. The highest BCUT2D eigenvalue weighted by Gasteiger charge is 2.23. The van der Waals surface area contributed by atoms with Crippen molar-refractivity contribution in [3.05, 3.63) is 17.6 Å². The number of carbonyl (C=O) groups is 1. The van der Waals surface area contributed by atoms with Crippen LogP contribution in [0.25, 0.3) is 0 Å².